The van der Waals surface area contributed by atoms with E-state index in [1.54, 1.807) is 29.9 Å². The predicted octanol–water partition coefficient (Wildman–Crippen LogP) is 4.94. The first kappa shape index (κ1) is 23.7. The predicted molar refractivity (Wildman–Crippen MR) is 134 cm³/mol. The van der Waals surface area contributed by atoms with Crippen molar-refractivity contribution in [1.29, 1.82) is 0 Å². The highest BCUT2D eigenvalue weighted by Crippen LogP contribution is 2.30. The van der Waals surface area contributed by atoms with Crippen LogP contribution in [-0.4, -0.2) is 35.4 Å². The van der Waals surface area contributed by atoms with Gasteiger partial charge < -0.3 is 19.2 Å². The van der Waals surface area contributed by atoms with Gasteiger partial charge in [-0.15, -0.1) is 0 Å². The van der Waals surface area contributed by atoms with Crippen LogP contribution in [0.4, 0.5) is 5.69 Å². The van der Waals surface area contributed by atoms with Gasteiger partial charge >= 0.3 is 0 Å². The Morgan fingerprint density at radius 3 is 2.65 bits per heavy atom. The van der Waals surface area contributed by atoms with Crippen molar-refractivity contribution < 1.29 is 18.7 Å². The van der Waals surface area contributed by atoms with Crippen molar-refractivity contribution in [2.75, 3.05) is 25.3 Å². The number of nitrogens with zero attached hydrogens (tertiary/aromatic N) is 2. The number of rotatable bonds is 9. The molecule has 0 spiro atoms. The summed E-state index contributed by atoms with van der Waals surface area (Å²) in [6.45, 7) is 4.69. The average molecular weight is 482 g/mol. The summed E-state index contributed by atoms with van der Waals surface area (Å²) in [5.74, 6) is 1.37. The van der Waals surface area contributed by atoms with Crippen LogP contribution < -0.4 is 20.3 Å². The highest BCUT2D eigenvalue weighted by Gasteiger charge is 2.19. The van der Waals surface area contributed by atoms with E-state index in [1.165, 1.54) is 18.9 Å². The zero-order valence-corrected chi connectivity index (χ0v) is 20.4. The molecule has 0 aliphatic heterocycles. The maximum Gasteiger partial charge on any atom is 0.297 e. The van der Waals surface area contributed by atoms with Crippen LogP contribution in [0.15, 0.2) is 56.8 Å². The van der Waals surface area contributed by atoms with Crippen molar-refractivity contribution >= 4 is 45.4 Å². The number of nitrogens with one attached hydrogen (secondary N) is 1. The lowest BCUT2D eigenvalue weighted by Gasteiger charge is -2.13. The van der Waals surface area contributed by atoms with Gasteiger partial charge in [0.15, 0.2) is 16.7 Å². The number of aromatic nitrogens is 2. The van der Waals surface area contributed by atoms with Crippen LogP contribution >= 0.6 is 11.8 Å². The highest BCUT2D eigenvalue weighted by molar-refractivity contribution is 7.99. The van der Waals surface area contributed by atoms with Gasteiger partial charge in [0, 0.05) is 23.7 Å². The van der Waals surface area contributed by atoms with Gasteiger partial charge in [-0.25, -0.2) is 4.98 Å². The van der Waals surface area contributed by atoms with Gasteiger partial charge in [-0.1, -0.05) is 37.7 Å². The van der Waals surface area contributed by atoms with E-state index in [9.17, 15) is 9.59 Å². The minimum Gasteiger partial charge on any atom is -0.493 e. The molecule has 0 bridgehead atoms. The van der Waals surface area contributed by atoms with E-state index >= 15 is 0 Å². The average Bonchev–Trinajstić information content (AvgIpc) is 3.21. The second kappa shape index (κ2) is 10.2. The molecule has 2 aromatic heterocycles. The molecule has 0 radical (unpaired) electrons. The van der Waals surface area contributed by atoms with Crippen LogP contribution in [0.1, 0.15) is 20.3 Å². The fourth-order valence-electron chi connectivity index (χ4n) is 3.59. The van der Waals surface area contributed by atoms with Gasteiger partial charge in [-0.3, -0.25) is 14.2 Å². The minimum atomic E-state index is -0.232. The molecule has 1 amide bonds. The molecule has 0 aliphatic carbocycles. The number of furan rings is 1. The van der Waals surface area contributed by atoms with Crippen LogP contribution in [0.3, 0.4) is 0 Å². The summed E-state index contributed by atoms with van der Waals surface area (Å²) in [7, 11) is 3.09. The van der Waals surface area contributed by atoms with Gasteiger partial charge in [0.1, 0.15) is 11.1 Å². The first-order chi connectivity index (χ1) is 16.4. The smallest absolute Gasteiger partial charge is 0.297 e. The summed E-state index contributed by atoms with van der Waals surface area (Å²) in [5.41, 5.74) is 1.73. The second-order valence-electron chi connectivity index (χ2n) is 8.22. The van der Waals surface area contributed by atoms with Gasteiger partial charge in [-0.05, 0) is 36.6 Å². The van der Waals surface area contributed by atoms with Crippen molar-refractivity contribution in [3.8, 4) is 11.5 Å². The maximum atomic E-state index is 13.3. The Morgan fingerprint density at radius 1 is 1.15 bits per heavy atom. The van der Waals surface area contributed by atoms with E-state index in [0.717, 1.165) is 11.8 Å². The summed E-state index contributed by atoms with van der Waals surface area (Å²) >= 11 is 1.23. The molecule has 0 atom stereocenters. The quantitative estimate of drug-likeness (QED) is 0.267. The highest BCUT2D eigenvalue weighted by atomic mass is 32.2. The van der Waals surface area contributed by atoms with Crippen LogP contribution in [0.5, 0.6) is 11.5 Å². The molecular weight excluding hydrogens is 454 g/mol. The van der Waals surface area contributed by atoms with Gasteiger partial charge in [0.25, 0.3) is 5.56 Å². The number of hydrogen-bond acceptors (Lipinski definition) is 7. The number of hydrogen-bond donors (Lipinski definition) is 1. The number of fused-ring (bicyclic) bond motifs is 3. The van der Waals surface area contributed by atoms with Crippen molar-refractivity contribution in [1.82, 2.24) is 9.55 Å². The summed E-state index contributed by atoms with van der Waals surface area (Å²) in [5, 5.41) is 4.13. The standard InChI is InChI=1S/C25H27N3O5S/c1-15(2)11-12-28-24(30)23-22(17-7-5-6-8-18(17)33-23)27-25(28)34-14-21(29)26-16-9-10-19(31-3)20(13-16)32-4/h5-10,13,15H,11-12,14H2,1-4H3,(H,26,29). The number of para-hydroxylation sites is 1. The third-order valence-electron chi connectivity index (χ3n) is 5.38. The van der Waals surface area contributed by atoms with Gasteiger partial charge in [-0.2, -0.15) is 0 Å². The molecule has 0 saturated heterocycles. The molecule has 0 saturated carbocycles. The van der Waals surface area contributed by atoms with Crippen molar-refractivity contribution in [3.63, 3.8) is 0 Å². The number of thioether (sulfide) groups is 1. The summed E-state index contributed by atoms with van der Waals surface area (Å²) < 4.78 is 18.0. The van der Waals surface area contributed by atoms with Crippen molar-refractivity contribution in [2.24, 2.45) is 5.92 Å². The largest absolute Gasteiger partial charge is 0.493 e. The lowest BCUT2D eigenvalue weighted by Crippen LogP contribution is -2.24. The number of carbonyl (C=O) groups excluding carboxylic acids is 1. The molecular formula is C25H27N3O5S. The molecule has 34 heavy (non-hydrogen) atoms. The molecule has 0 unspecified atom stereocenters. The van der Waals surface area contributed by atoms with Gasteiger partial charge in [0.2, 0.25) is 11.5 Å². The van der Waals surface area contributed by atoms with Gasteiger partial charge in [0.05, 0.1) is 20.0 Å². The Morgan fingerprint density at radius 2 is 1.91 bits per heavy atom. The molecule has 8 nitrogen and oxygen atoms in total. The molecule has 4 aromatic rings. The Balaban J connectivity index is 1.61. The summed E-state index contributed by atoms with van der Waals surface area (Å²) in [6, 6.07) is 12.6. The van der Waals surface area contributed by atoms with E-state index in [2.05, 4.69) is 19.2 Å². The Hall–Kier alpha value is -3.46. The zero-order valence-electron chi connectivity index (χ0n) is 19.6. The number of anilines is 1. The third kappa shape index (κ3) is 4.89. The molecule has 4 rings (SSSR count). The van der Waals surface area contributed by atoms with Crippen LogP contribution in [0.25, 0.3) is 22.1 Å². The van der Waals surface area contributed by atoms with E-state index in [0.29, 0.717) is 45.9 Å². The third-order valence-corrected chi connectivity index (χ3v) is 6.35. The molecule has 0 aliphatic rings. The molecule has 178 valence electrons. The summed E-state index contributed by atoms with van der Waals surface area (Å²) in [4.78, 5) is 30.7. The summed E-state index contributed by atoms with van der Waals surface area (Å²) in [6.07, 6.45) is 0.804. The first-order valence-corrected chi connectivity index (χ1v) is 12.0. The van der Waals surface area contributed by atoms with Crippen molar-refractivity contribution in [2.45, 2.75) is 32.0 Å². The number of methoxy groups -OCH3 is 2. The van der Waals surface area contributed by atoms with Crippen LogP contribution in [0.2, 0.25) is 0 Å². The Kier molecular flexibility index (Phi) is 7.12. The van der Waals surface area contributed by atoms with Crippen LogP contribution in [0, 0.1) is 5.92 Å². The van der Waals surface area contributed by atoms with Crippen molar-refractivity contribution in [3.05, 3.63) is 52.8 Å². The monoisotopic (exact) mass is 481 g/mol. The first-order valence-electron chi connectivity index (χ1n) is 11.0. The van der Waals surface area contributed by atoms with Crippen LogP contribution in [-0.2, 0) is 11.3 Å². The Labute approximate surface area is 201 Å². The number of benzene rings is 2. The normalized spacial score (nSPS) is 11.3. The number of amides is 1. The Bertz CT molecular complexity index is 1390. The fourth-order valence-corrected chi connectivity index (χ4v) is 4.41. The zero-order chi connectivity index (χ0) is 24.2. The van der Waals surface area contributed by atoms with E-state index < -0.39 is 0 Å². The topological polar surface area (TPSA) is 95.6 Å². The number of carbonyl (C=O) groups is 1. The van der Waals surface area contributed by atoms with E-state index in [4.69, 9.17) is 18.9 Å². The van der Waals surface area contributed by atoms with E-state index in [-0.39, 0.29) is 22.8 Å². The lowest BCUT2D eigenvalue weighted by molar-refractivity contribution is -0.113. The fraction of sp³-hybridized carbons (Fsp3) is 0.320. The molecule has 9 heteroatoms. The molecule has 2 heterocycles. The SMILES string of the molecule is COc1ccc(NC(=O)CSc2nc3c(oc4ccccc43)c(=O)n2CCC(C)C)cc1OC. The minimum absolute atomic E-state index is 0.0871. The lowest BCUT2D eigenvalue weighted by atomic mass is 10.1. The molecule has 1 N–H and O–H groups in total. The maximum absolute atomic E-state index is 13.3. The molecule has 2 aromatic carbocycles. The molecule has 0 fully saturated rings. The number of ether oxygens (including phenoxy) is 2. The second-order valence-corrected chi connectivity index (χ2v) is 9.16. The van der Waals surface area contributed by atoms with E-state index in [1.807, 2.05) is 24.3 Å².